The molecule has 0 saturated heterocycles. The number of H-pyrrole nitrogens is 1. The second-order valence-corrected chi connectivity index (χ2v) is 7.49. The number of tetrazole rings is 1. The fourth-order valence-corrected chi connectivity index (χ4v) is 3.20. The highest BCUT2D eigenvalue weighted by Gasteiger charge is 2.20. The number of aliphatic imine (C=N–C) groups is 1. The highest BCUT2D eigenvalue weighted by atomic mass is 35.5. The fraction of sp³-hybridized carbons (Fsp3) is 0.276. The Morgan fingerprint density at radius 2 is 1.76 bits per heavy atom. The Balaban J connectivity index is 0. The van der Waals surface area contributed by atoms with Crippen LogP contribution in [0.2, 0.25) is 0 Å². The number of benzene rings is 2. The SMILES string of the molecule is C#C.C/C=C/N=C(/C=C\CCl)C(Cc1ccccc1)c1cc(F)cc(C(F)F)c1.CC.CF.NC(=O)Nc1nn[nH]n1. The molecule has 0 aliphatic carbocycles. The maximum Gasteiger partial charge on any atom is 0.319 e. The van der Waals surface area contributed by atoms with Crippen molar-refractivity contribution in [3.63, 3.8) is 0 Å². The van der Waals surface area contributed by atoms with Gasteiger partial charge in [0.1, 0.15) is 5.82 Å². The van der Waals surface area contributed by atoms with Gasteiger partial charge in [0.15, 0.2) is 0 Å². The first-order valence-electron chi connectivity index (χ1n) is 12.4. The molecule has 0 bridgehead atoms. The van der Waals surface area contributed by atoms with Crippen molar-refractivity contribution in [1.82, 2.24) is 20.6 Å². The summed E-state index contributed by atoms with van der Waals surface area (Å²) in [4.78, 5) is 14.5. The number of primary amides is 1. The maximum atomic E-state index is 14.0. The molecule has 0 aliphatic rings. The van der Waals surface area contributed by atoms with Gasteiger partial charge in [-0.1, -0.05) is 61.4 Å². The van der Waals surface area contributed by atoms with Crippen LogP contribution >= 0.6 is 11.6 Å². The highest BCUT2D eigenvalue weighted by Crippen LogP contribution is 2.29. The zero-order valence-electron chi connectivity index (χ0n) is 23.8. The summed E-state index contributed by atoms with van der Waals surface area (Å²) in [5.41, 5.74) is 6.46. The molecule has 0 fully saturated rings. The number of nitrogens with two attached hydrogens (primary N) is 1. The predicted octanol–water partition coefficient (Wildman–Crippen LogP) is 7.41. The predicted molar refractivity (Wildman–Crippen MR) is 162 cm³/mol. The molecule has 2 aromatic carbocycles. The average Bonchev–Trinajstić information content (AvgIpc) is 3.52. The van der Waals surface area contributed by atoms with Crippen LogP contribution in [0.1, 0.15) is 49.8 Å². The van der Waals surface area contributed by atoms with Crippen molar-refractivity contribution in [3.05, 3.63) is 95.5 Å². The zero-order chi connectivity index (χ0) is 32.3. The Bertz CT molecular complexity index is 1220. The molecule has 1 unspecified atom stereocenters. The third-order valence-electron chi connectivity index (χ3n) is 4.57. The van der Waals surface area contributed by atoms with Crippen molar-refractivity contribution in [2.45, 2.75) is 39.5 Å². The van der Waals surface area contributed by atoms with Crippen molar-refractivity contribution in [3.8, 4) is 12.8 Å². The molecule has 42 heavy (non-hydrogen) atoms. The van der Waals surface area contributed by atoms with E-state index < -0.39 is 24.2 Å². The summed E-state index contributed by atoms with van der Waals surface area (Å²) in [5.74, 6) is -0.718. The van der Waals surface area contributed by atoms with E-state index in [-0.39, 0.29) is 11.5 Å². The lowest BCUT2D eigenvalue weighted by atomic mass is 9.86. The van der Waals surface area contributed by atoms with Crippen LogP contribution < -0.4 is 11.1 Å². The van der Waals surface area contributed by atoms with Crippen LogP contribution in [0.3, 0.4) is 0 Å². The number of halogens is 5. The summed E-state index contributed by atoms with van der Waals surface area (Å²) < 4.78 is 49.9. The molecule has 1 aromatic heterocycles. The number of aromatic nitrogens is 4. The standard InChI is InChI=1S/C22H21ClF3N.C2H4N6O.C2H6.C2H2.CH3F/c1-2-11-27-21(9-6-10-23)20(12-16-7-4-3-5-8-16)17-13-18(22(25)26)15-19(24)14-17;3-1(9)4-2-5-7-8-6-2;3*1-2/h2-9,11,13-15,20,22H,10,12H2,1H3;(H4,3,4,5,6,7,8,9);1-2H3;1-2H;1H3/b9-6-,11-2+,27-21-;;;;. The second-order valence-electron chi connectivity index (χ2n) is 7.18. The van der Waals surface area contributed by atoms with E-state index in [0.29, 0.717) is 30.8 Å². The summed E-state index contributed by atoms with van der Waals surface area (Å²) in [7, 11) is 0.500. The van der Waals surface area contributed by atoms with Crippen molar-refractivity contribution in [2.24, 2.45) is 10.7 Å². The summed E-state index contributed by atoms with van der Waals surface area (Å²) in [5, 5.41) is 14.2. The number of anilines is 1. The van der Waals surface area contributed by atoms with Gasteiger partial charge in [0.25, 0.3) is 12.4 Å². The number of amides is 2. The van der Waals surface area contributed by atoms with Crippen LogP contribution in [-0.2, 0) is 6.42 Å². The Morgan fingerprint density at radius 1 is 1.14 bits per heavy atom. The molecule has 0 saturated carbocycles. The quantitative estimate of drug-likeness (QED) is 0.101. The van der Waals surface area contributed by atoms with Gasteiger partial charge >= 0.3 is 6.03 Å². The first-order valence-corrected chi connectivity index (χ1v) is 12.9. The Kier molecular flexibility index (Phi) is 24.0. The van der Waals surface area contributed by atoms with E-state index in [1.54, 1.807) is 24.4 Å². The van der Waals surface area contributed by atoms with Gasteiger partial charge in [-0.25, -0.2) is 18.0 Å². The molecule has 0 aliphatic heterocycles. The number of terminal acetylenes is 1. The Labute approximate surface area is 249 Å². The van der Waals surface area contributed by atoms with Gasteiger partial charge in [-0.05, 0) is 54.0 Å². The molecule has 2 amide bonds. The highest BCUT2D eigenvalue weighted by molar-refractivity contribution is 6.19. The van der Waals surface area contributed by atoms with E-state index in [9.17, 15) is 22.4 Å². The van der Waals surface area contributed by atoms with Gasteiger partial charge in [0.05, 0.1) is 7.18 Å². The summed E-state index contributed by atoms with van der Waals surface area (Å²) in [6.07, 6.45) is 12.6. The number of hydrogen-bond acceptors (Lipinski definition) is 5. The fourth-order valence-electron chi connectivity index (χ4n) is 3.11. The van der Waals surface area contributed by atoms with E-state index in [0.717, 1.165) is 11.6 Å². The number of allylic oxidation sites excluding steroid dienone is 3. The number of nitrogens with one attached hydrogen (secondary N) is 2. The molecule has 0 spiro atoms. The molecule has 228 valence electrons. The third-order valence-corrected chi connectivity index (χ3v) is 4.75. The number of alkyl halides is 4. The van der Waals surface area contributed by atoms with Crippen LogP contribution in [0.25, 0.3) is 0 Å². The first kappa shape index (κ1) is 39.6. The minimum Gasteiger partial charge on any atom is -0.351 e. The zero-order valence-corrected chi connectivity index (χ0v) is 24.6. The van der Waals surface area contributed by atoms with Crippen molar-refractivity contribution < 1.29 is 22.4 Å². The van der Waals surface area contributed by atoms with Crippen LogP contribution in [0.4, 0.5) is 28.3 Å². The lowest BCUT2D eigenvalue weighted by molar-refractivity contribution is 0.151. The molecule has 4 N–H and O–H groups in total. The van der Waals surface area contributed by atoms with E-state index in [4.69, 9.17) is 17.3 Å². The molecular weight excluding hydrogens is 574 g/mol. The van der Waals surface area contributed by atoms with Gasteiger partial charge in [-0.3, -0.25) is 14.7 Å². The van der Waals surface area contributed by atoms with E-state index >= 15 is 0 Å². The van der Waals surface area contributed by atoms with Crippen molar-refractivity contribution in [2.75, 3.05) is 18.4 Å². The normalized spacial score (nSPS) is 11.1. The van der Waals surface area contributed by atoms with Crippen LogP contribution in [0, 0.1) is 18.7 Å². The molecule has 1 atom stereocenters. The van der Waals surface area contributed by atoms with Gasteiger partial charge in [0.2, 0.25) is 0 Å². The maximum absolute atomic E-state index is 14.0. The Morgan fingerprint density at radius 3 is 2.26 bits per heavy atom. The number of rotatable bonds is 9. The number of nitrogens with zero attached hydrogens (tertiary/aromatic N) is 4. The van der Waals surface area contributed by atoms with E-state index in [2.05, 4.69) is 43.8 Å². The van der Waals surface area contributed by atoms with Gasteiger partial charge < -0.3 is 5.73 Å². The largest absolute Gasteiger partial charge is 0.351 e. The second kappa shape index (κ2) is 25.5. The third kappa shape index (κ3) is 16.6. The smallest absolute Gasteiger partial charge is 0.319 e. The first-order chi connectivity index (χ1) is 20.3. The van der Waals surface area contributed by atoms with Gasteiger partial charge in [0, 0.05) is 29.3 Å². The van der Waals surface area contributed by atoms with Gasteiger partial charge in [-0.15, -0.1) is 29.5 Å². The molecule has 3 aromatic rings. The van der Waals surface area contributed by atoms with Crippen LogP contribution in [0.15, 0.2) is 78.0 Å². The van der Waals surface area contributed by atoms with Crippen molar-refractivity contribution >= 4 is 29.3 Å². The number of aromatic amines is 1. The number of carbonyl (C=O) groups is 1. The summed E-state index contributed by atoms with van der Waals surface area (Å²) in [6.45, 7) is 5.83. The molecular formula is C29H36ClF4N7O. The van der Waals surface area contributed by atoms with E-state index in [1.165, 1.54) is 12.1 Å². The monoisotopic (exact) mass is 609 g/mol. The Hall–Kier alpha value is -4.50. The summed E-state index contributed by atoms with van der Waals surface area (Å²) >= 11 is 5.76. The number of urea groups is 1. The minimum absolute atomic E-state index is 0.0718. The van der Waals surface area contributed by atoms with E-state index in [1.807, 2.05) is 51.1 Å². The average molecular weight is 610 g/mol. The molecule has 1 heterocycles. The number of carbonyl (C=O) groups excluding carboxylic acids is 1. The number of hydrogen-bond donors (Lipinski definition) is 3. The molecule has 8 nitrogen and oxygen atoms in total. The lowest BCUT2D eigenvalue weighted by Gasteiger charge is -2.19. The van der Waals surface area contributed by atoms with Crippen LogP contribution in [0.5, 0.6) is 0 Å². The molecule has 3 rings (SSSR count). The van der Waals surface area contributed by atoms with Gasteiger partial charge in [-0.2, -0.15) is 5.21 Å². The topological polar surface area (TPSA) is 122 Å². The molecule has 13 heteroatoms. The lowest BCUT2D eigenvalue weighted by Crippen LogP contribution is -2.20. The van der Waals surface area contributed by atoms with Crippen molar-refractivity contribution in [1.29, 1.82) is 0 Å². The minimum atomic E-state index is -2.74. The van der Waals surface area contributed by atoms with Crippen LogP contribution in [-0.4, -0.2) is 45.4 Å². The molecule has 0 radical (unpaired) electrons. The summed E-state index contributed by atoms with van der Waals surface area (Å²) in [6, 6.07) is 12.4.